The van der Waals surface area contributed by atoms with Gasteiger partial charge in [-0.25, -0.2) is 14.4 Å². The summed E-state index contributed by atoms with van der Waals surface area (Å²) < 4.78 is 13.3. The van der Waals surface area contributed by atoms with Crippen LogP contribution in [-0.2, 0) is 0 Å². The number of nitrogens with one attached hydrogen (secondary N) is 1. The highest BCUT2D eigenvalue weighted by Gasteiger charge is 2.08. The minimum atomic E-state index is -0.378. The van der Waals surface area contributed by atoms with Gasteiger partial charge in [0.05, 0.1) is 5.69 Å². The van der Waals surface area contributed by atoms with Gasteiger partial charge in [0, 0.05) is 23.8 Å². The zero-order chi connectivity index (χ0) is 12.4. The second-order valence-electron chi connectivity index (χ2n) is 3.63. The van der Waals surface area contributed by atoms with Crippen LogP contribution in [0.2, 0.25) is 5.02 Å². The number of aryl methyl sites for hydroxylation is 1. The lowest BCUT2D eigenvalue weighted by Crippen LogP contribution is -1.99. The highest BCUT2D eigenvalue weighted by atomic mass is 35.5. The average Bonchev–Trinajstić information content (AvgIpc) is 2.28. The fourth-order valence-corrected chi connectivity index (χ4v) is 1.77. The highest BCUT2D eigenvalue weighted by Crippen LogP contribution is 2.25. The first-order chi connectivity index (χ1) is 8.10. The number of benzene rings is 1. The second kappa shape index (κ2) is 4.67. The van der Waals surface area contributed by atoms with Crippen molar-refractivity contribution in [1.29, 1.82) is 0 Å². The largest absolute Gasteiger partial charge is 0.357 e. The zero-order valence-corrected chi connectivity index (χ0v) is 10.2. The Morgan fingerprint density at radius 3 is 2.71 bits per heavy atom. The molecule has 0 unspecified atom stereocenters. The quantitative estimate of drug-likeness (QED) is 0.890. The molecule has 88 valence electrons. The molecule has 17 heavy (non-hydrogen) atoms. The maximum absolute atomic E-state index is 13.3. The minimum Gasteiger partial charge on any atom is -0.357 e. The number of hydrogen-bond acceptors (Lipinski definition) is 3. The first-order valence-corrected chi connectivity index (χ1v) is 5.46. The molecule has 3 nitrogen and oxygen atoms in total. The van der Waals surface area contributed by atoms with E-state index in [1.165, 1.54) is 12.1 Å². The Hall–Kier alpha value is -1.68. The molecule has 5 heteroatoms. The van der Waals surface area contributed by atoms with E-state index in [1.807, 2.05) is 6.92 Å². The van der Waals surface area contributed by atoms with E-state index in [0.717, 1.165) is 5.56 Å². The van der Waals surface area contributed by atoms with Crippen molar-refractivity contribution < 1.29 is 4.39 Å². The summed E-state index contributed by atoms with van der Waals surface area (Å²) in [7, 11) is 1.73. The molecule has 0 aliphatic carbocycles. The van der Waals surface area contributed by atoms with Gasteiger partial charge in [-0.2, -0.15) is 0 Å². The van der Waals surface area contributed by atoms with Gasteiger partial charge in [-0.15, -0.1) is 0 Å². The Labute approximate surface area is 104 Å². The van der Waals surface area contributed by atoms with Crippen LogP contribution in [0.25, 0.3) is 11.3 Å². The van der Waals surface area contributed by atoms with Crippen LogP contribution in [0.4, 0.5) is 10.3 Å². The standard InChI is InChI=1S/C12H11ClFN3/c1-7-6-16-12(15-2)17-11(7)8-3-9(13)5-10(14)4-8/h3-6H,1-2H3,(H,15,16,17). The van der Waals surface area contributed by atoms with Crippen LogP contribution in [0, 0.1) is 12.7 Å². The monoisotopic (exact) mass is 251 g/mol. The summed E-state index contributed by atoms with van der Waals surface area (Å²) >= 11 is 5.83. The highest BCUT2D eigenvalue weighted by molar-refractivity contribution is 6.30. The number of nitrogens with zero attached hydrogens (tertiary/aromatic N) is 2. The third-order valence-corrected chi connectivity index (χ3v) is 2.55. The van der Waals surface area contributed by atoms with Crippen molar-refractivity contribution in [1.82, 2.24) is 9.97 Å². The lowest BCUT2D eigenvalue weighted by molar-refractivity contribution is 0.628. The first-order valence-electron chi connectivity index (χ1n) is 5.08. The van der Waals surface area contributed by atoms with E-state index in [9.17, 15) is 4.39 Å². The molecule has 2 aromatic rings. The molecule has 1 N–H and O–H groups in total. The predicted octanol–water partition coefficient (Wildman–Crippen LogP) is 3.29. The van der Waals surface area contributed by atoms with Crippen LogP contribution >= 0.6 is 11.6 Å². The van der Waals surface area contributed by atoms with Crippen LogP contribution in [0.3, 0.4) is 0 Å². The molecule has 0 spiro atoms. The normalized spacial score (nSPS) is 10.4. The number of hydrogen-bond donors (Lipinski definition) is 1. The summed E-state index contributed by atoms with van der Waals surface area (Å²) in [6.45, 7) is 1.87. The Morgan fingerprint density at radius 2 is 2.06 bits per heavy atom. The summed E-state index contributed by atoms with van der Waals surface area (Å²) in [5.41, 5.74) is 2.18. The van der Waals surface area contributed by atoms with Crippen LogP contribution in [0.5, 0.6) is 0 Å². The summed E-state index contributed by atoms with van der Waals surface area (Å²) in [4.78, 5) is 8.37. The van der Waals surface area contributed by atoms with Gasteiger partial charge in [-0.1, -0.05) is 11.6 Å². The lowest BCUT2D eigenvalue weighted by Gasteiger charge is -2.07. The van der Waals surface area contributed by atoms with E-state index < -0.39 is 0 Å². The van der Waals surface area contributed by atoms with Crippen molar-refractivity contribution >= 4 is 17.5 Å². The van der Waals surface area contributed by atoms with Gasteiger partial charge in [0.15, 0.2) is 0 Å². The van der Waals surface area contributed by atoms with Crippen molar-refractivity contribution in [2.45, 2.75) is 6.92 Å². The topological polar surface area (TPSA) is 37.8 Å². The van der Waals surface area contributed by atoms with Crippen LogP contribution in [0.15, 0.2) is 24.4 Å². The Bertz CT molecular complexity index is 537. The van der Waals surface area contributed by atoms with Gasteiger partial charge in [0.2, 0.25) is 5.95 Å². The van der Waals surface area contributed by atoms with Crippen molar-refractivity contribution in [3.8, 4) is 11.3 Å². The van der Waals surface area contributed by atoms with E-state index in [1.54, 1.807) is 19.3 Å². The van der Waals surface area contributed by atoms with Crippen LogP contribution < -0.4 is 5.32 Å². The van der Waals surface area contributed by atoms with Crippen molar-refractivity contribution in [2.24, 2.45) is 0 Å². The minimum absolute atomic E-state index is 0.351. The Balaban J connectivity index is 2.58. The number of halogens is 2. The molecular formula is C12H11ClFN3. The van der Waals surface area contributed by atoms with Crippen molar-refractivity contribution in [3.63, 3.8) is 0 Å². The van der Waals surface area contributed by atoms with E-state index in [-0.39, 0.29) is 5.82 Å². The fraction of sp³-hybridized carbons (Fsp3) is 0.167. The maximum atomic E-state index is 13.3. The molecule has 0 aliphatic rings. The fourth-order valence-electron chi connectivity index (χ4n) is 1.55. The molecule has 0 aliphatic heterocycles. The Kier molecular flexibility index (Phi) is 3.24. The SMILES string of the molecule is CNc1ncc(C)c(-c2cc(F)cc(Cl)c2)n1. The summed E-state index contributed by atoms with van der Waals surface area (Å²) in [6.07, 6.45) is 1.69. The number of aromatic nitrogens is 2. The van der Waals surface area contributed by atoms with E-state index in [4.69, 9.17) is 11.6 Å². The third-order valence-electron chi connectivity index (χ3n) is 2.33. The van der Waals surface area contributed by atoms with Gasteiger partial charge < -0.3 is 5.32 Å². The first kappa shape index (κ1) is 11.8. The lowest BCUT2D eigenvalue weighted by atomic mass is 10.1. The summed E-state index contributed by atoms with van der Waals surface area (Å²) in [5, 5.41) is 3.20. The van der Waals surface area contributed by atoms with Gasteiger partial charge >= 0.3 is 0 Å². The number of rotatable bonds is 2. The molecule has 2 rings (SSSR count). The molecule has 1 aromatic carbocycles. The molecule has 0 saturated heterocycles. The molecule has 0 bridgehead atoms. The van der Waals surface area contributed by atoms with Crippen LogP contribution in [0.1, 0.15) is 5.56 Å². The third kappa shape index (κ3) is 2.53. The predicted molar refractivity (Wildman–Crippen MR) is 66.7 cm³/mol. The number of anilines is 1. The summed E-state index contributed by atoms with van der Waals surface area (Å²) in [6, 6.07) is 4.35. The Morgan fingerprint density at radius 1 is 1.29 bits per heavy atom. The molecule has 1 heterocycles. The van der Waals surface area contributed by atoms with Gasteiger partial charge in [0.25, 0.3) is 0 Å². The van der Waals surface area contributed by atoms with Crippen molar-refractivity contribution in [3.05, 3.63) is 40.8 Å². The molecule has 0 fully saturated rings. The molecule has 0 saturated carbocycles. The second-order valence-corrected chi connectivity index (χ2v) is 4.07. The summed E-state index contributed by atoms with van der Waals surface area (Å²) in [5.74, 6) is 0.113. The van der Waals surface area contributed by atoms with Gasteiger partial charge in [-0.05, 0) is 30.7 Å². The molecule has 0 amide bonds. The van der Waals surface area contributed by atoms with Crippen molar-refractivity contribution in [2.75, 3.05) is 12.4 Å². The van der Waals surface area contributed by atoms with Gasteiger partial charge in [0.1, 0.15) is 5.82 Å². The maximum Gasteiger partial charge on any atom is 0.222 e. The van der Waals surface area contributed by atoms with E-state index in [2.05, 4.69) is 15.3 Å². The van der Waals surface area contributed by atoms with Gasteiger partial charge in [-0.3, -0.25) is 0 Å². The molecule has 0 atom stereocenters. The van der Waals surface area contributed by atoms with Crippen LogP contribution in [-0.4, -0.2) is 17.0 Å². The molecule has 0 radical (unpaired) electrons. The average molecular weight is 252 g/mol. The molecule has 1 aromatic heterocycles. The van der Waals surface area contributed by atoms with E-state index >= 15 is 0 Å². The smallest absolute Gasteiger partial charge is 0.222 e. The van der Waals surface area contributed by atoms with E-state index in [0.29, 0.717) is 22.2 Å². The molecular weight excluding hydrogens is 241 g/mol. The zero-order valence-electron chi connectivity index (χ0n) is 9.46.